The maximum absolute atomic E-state index is 6.74. The monoisotopic (exact) mass is 600 g/mol. The van der Waals surface area contributed by atoms with Crippen molar-refractivity contribution in [2.24, 2.45) is 0 Å². The van der Waals surface area contributed by atoms with E-state index in [4.69, 9.17) is 32.7 Å². The summed E-state index contributed by atoms with van der Waals surface area (Å²) in [5.74, 6) is 1.83. The first-order valence-corrected chi connectivity index (χ1v) is 15.8. The number of hydrogen-bond donors (Lipinski definition) is 1. The van der Waals surface area contributed by atoms with Crippen molar-refractivity contribution in [1.29, 1.82) is 0 Å². The molecule has 0 bridgehead atoms. The first-order chi connectivity index (χ1) is 20.6. The SMILES string of the molecule is Clc1ccc(N2CCc3cc(OCc4ccccc4)ccc3C2Cc2ccc(OCCC3CCCCN3)cc2)c(Cl)c1. The molecule has 2 aliphatic rings. The second kappa shape index (κ2) is 13.9. The average Bonchev–Trinajstić information content (AvgIpc) is 3.02. The first-order valence-electron chi connectivity index (χ1n) is 15.1. The van der Waals surface area contributed by atoms with Gasteiger partial charge in [0, 0.05) is 17.6 Å². The second-order valence-electron chi connectivity index (χ2n) is 11.3. The Morgan fingerprint density at radius 2 is 1.64 bits per heavy atom. The van der Waals surface area contributed by atoms with Crippen LogP contribution in [0.15, 0.2) is 91.0 Å². The predicted octanol–water partition coefficient (Wildman–Crippen LogP) is 8.83. The molecule has 0 saturated carbocycles. The third kappa shape index (κ3) is 7.23. The fourth-order valence-electron chi connectivity index (χ4n) is 6.18. The Kier molecular flexibility index (Phi) is 9.54. The molecule has 6 rings (SSSR count). The Morgan fingerprint density at radius 3 is 2.43 bits per heavy atom. The summed E-state index contributed by atoms with van der Waals surface area (Å²) in [7, 11) is 0. The molecule has 4 nitrogen and oxygen atoms in total. The van der Waals surface area contributed by atoms with E-state index < -0.39 is 0 Å². The van der Waals surface area contributed by atoms with Crippen molar-refractivity contribution in [1.82, 2.24) is 5.32 Å². The van der Waals surface area contributed by atoms with E-state index in [0.717, 1.165) is 61.7 Å². The molecule has 42 heavy (non-hydrogen) atoms. The molecule has 2 heterocycles. The highest BCUT2D eigenvalue weighted by Gasteiger charge is 2.29. The topological polar surface area (TPSA) is 33.7 Å². The molecule has 0 radical (unpaired) electrons. The molecule has 0 spiro atoms. The lowest BCUT2D eigenvalue weighted by Gasteiger charge is -2.40. The van der Waals surface area contributed by atoms with Crippen molar-refractivity contribution >= 4 is 28.9 Å². The smallest absolute Gasteiger partial charge is 0.120 e. The number of nitrogens with zero attached hydrogens (tertiary/aromatic N) is 1. The Morgan fingerprint density at radius 1 is 0.810 bits per heavy atom. The van der Waals surface area contributed by atoms with E-state index in [1.165, 1.54) is 36.0 Å². The van der Waals surface area contributed by atoms with Crippen molar-refractivity contribution in [3.63, 3.8) is 0 Å². The van der Waals surface area contributed by atoms with Crippen LogP contribution in [0.3, 0.4) is 0 Å². The molecule has 6 heteroatoms. The number of halogens is 2. The van der Waals surface area contributed by atoms with Crippen LogP contribution in [0.5, 0.6) is 11.5 Å². The van der Waals surface area contributed by atoms with E-state index in [9.17, 15) is 0 Å². The van der Waals surface area contributed by atoms with Crippen LogP contribution in [0, 0.1) is 0 Å². The quantitative estimate of drug-likeness (QED) is 0.197. The molecular weight excluding hydrogens is 563 g/mol. The number of benzene rings is 4. The summed E-state index contributed by atoms with van der Waals surface area (Å²) in [4.78, 5) is 2.42. The molecule has 0 amide bonds. The zero-order valence-electron chi connectivity index (χ0n) is 23.9. The minimum absolute atomic E-state index is 0.125. The van der Waals surface area contributed by atoms with Crippen LogP contribution in [0.1, 0.15) is 54.0 Å². The summed E-state index contributed by atoms with van der Waals surface area (Å²) in [6, 6.07) is 31.9. The maximum Gasteiger partial charge on any atom is 0.120 e. The Balaban J connectivity index is 1.19. The van der Waals surface area contributed by atoms with Crippen molar-refractivity contribution in [2.45, 2.75) is 57.2 Å². The van der Waals surface area contributed by atoms with Gasteiger partial charge in [-0.1, -0.05) is 78.2 Å². The zero-order chi connectivity index (χ0) is 28.7. The van der Waals surface area contributed by atoms with Crippen molar-refractivity contribution in [2.75, 3.05) is 24.6 Å². The minimum atomic E-state index is 0.125. The summed E-state index contributed by atoms with van der Waals surface area (Å²) in [6.45, 7) is 3.28. The van der Waals surface area contributed by atoms with Crippen molar-refractivity contribution < 1.29 is 9.47 Å². The van der Waals surface area contributed by atoms with Gasteiger partial charge in [-0.3, -0.25) is 0 Å². The first kappa shape index (κ1) is 28.9. The lowest BCUT2D eigenvalue weighted by molar-refractivity contribution is 0.268. The van der Waals surface area contributed by atoms with Crippen LogP contribution in [-0.2, 0) is 19.4 Å². The predicted molar refractivity (Wildman–Crippen MR) is 173 cm³/mol. The molecule has 0 aromatic heterocycles. The van der Waals surface area contributed by atoms with Crippen LogP contribution < -0.4 is 19.7 Å². The summed E-state index contributed by atoms with van der Waals surface area (Å²) in [5, 5.41) is 4.92. The normalized spacial score (nSPS) is 18.4. The molecule has 1 N–H and O–H groups in total. The van der Waals surface area contributed by atoms with Gasteiger partial charge in [0.05, 0.1) is 23.4 Å². The Bertz CT molecular complexity index is 1460. The fraction of sp³-hybridized carbons (Fsp3) is 0.333. The molecule has 2 aliphatic heterocycles. The number of piperidine rings is 1. The zero-order valence-corrected chi connectivity index (χ0v) is 25.4. The second-order valence-corrected chi connectivity index (χ2v) is 12.2. The van der Waals surface area contributed by atoms with Gasteiger partial charge in [0.15, 0.2) is 0 Å². The van der Waals surface area contributed by atoms with E-state index in [1.54, 1.807) is 0 Å². The highest BCUT2D eigenvalue weighted by Crippen LogP contribution is 2.41. The third-order valence-corrected chi connectivity index (χ3v) is 8.98. The van der Waals surface area contributed by atoms with Crippen molar-refractivity contribution in [3.8, 4) is 11.5 Å². The van der Waals surface area contributed by atoms with E-state index >= 15 is 0 Å². The van der Waals surface area contributed by atoms with Gasteiger partial charge in [-0.15, -0.1) is 0 Å². The van der Waals surface area contributed by atoms with Gasteiger partial charge in [0.25, 0.3) is 0 Å². The summed E-state index contributed by atoms with van der Waals surface area (Å²) < 4.78 is 12.3. The van der Waals surface area contributed by atoms with Crippen LogP contribution in [0.25, 0.3) is 0 Å². The van der Waals surface area contributed by atoms with Gasteiger partial charge in [0.1, 0.15) is 18.1 Å². The number of hydrogen-bond acceptors (Lipinski definition) is 4. The molecule has 4 aromatic carbocycles. The highest BCUT2D eigenvalue weighted by molar-refractivity contribution is 6.36. The van der Waals surface area contributed by atoms with Gasteiger partial charge in [-0.2, -0.15) is 0 Å². The Hall–Kier alpha value is -3.18. The van der Waals surface area contributed by atoms with E-state index in [1.807, 2.05) is 36.4 Å². The highest BCUT2D eigenvalue weighted by atomic mass is 35.5. The van der Waals surface area contributed by atoms with Crippen molar-refractivity contribution in [3.05, 3.63) is 123 Å². The standard InChI is InChI=1S/C36H38Cl2N2O2/c37-29-11-16-35(34(38)24-29)40-20-17-28-23-32(42-25-27-6-2-1-3-7-27)14-15-33(28)36(40)22-26-9-12-31(13-10-26)41-21-18-30-8-4-5-19-39-30/h1-3,6-7,9-16,23-24,30,36,39H,4-5,8,17-22,25H2. The average molecular weight is 602 g/mol. The lowest BCUT2D eigenvalue weighted by Crippen LogP contribution is -2.37. The molecule has 2 unspecified atom stereocenters. The molecule has 4 aromatic rings. The van der Waals surface area contributed by atoms with Gasteiger partial charge in [-0.25, -0.2) is 0 Å². The number of rotatable bonds is 10. The lowest BCUT2D eigenvalue weighted by atomic mass is 9.88. The van der Waals surface area contributed by atoms with Crippen LogP contribution >= 0.6 is 23.2 Å². The van der Waals surface area contributed by atoms with Gasteiger partial charge in [0.2, 0.25) is 0 Å². The molecule has 1 fully saturated rings. The summed E-state index contributed by atoms with van der Waals surface area (Å²) in [5.41, 5.74) is 6.06. The number of nitrogens with one attached hydrogen (secondary N) is 1. The largest absolute Gasteiger partial charge is 0.494 e. The minimum Gasteiger partial charge on any atom is -0.494 e. The third-order valence-electron chi connectivity index (χ3n) is 8.44. The van der Waals surface area contributed by atoms with E-state index in [0.29, 0.717) is 22.7 Å². The van der Waals surface area contributed by atoms with Gasteiger partial charge in [-0.05, 0) is 103 Å². The number of ether oxygens (including phenoxy) is 2. The van der Waals surface area contributed by atoms with Crippen LogP contribution in [-0.4, -0.2) is 25.7 Å². The van der Waals surface area contributed by atoms with Gasteiger partial charge < -0.3 is 19.7 Å². The van der Waals surface area contributed by atoms with E-state index in [2.05, 4.69) is 64.8 Å². The summed E-state index contributed by atoms with van der Waals surface area (Å²) in [6.07, 6.45) is 6.67. The number of fused-ring (bicyclic) bond motifs is 1. The summed E-state index contributed by atoms with van der Waals surface area (Å²) >= 11 is 13.0. The van der Waals surface area contributed by atoms with Crippen LogP contribution in [0.2, 0.25) is 10.0 Å². The van der Waals surface area contributed by atoms with Crippen LogP contribution in [0.4, 0.5) is 5.69 Å². The number of anilines is 1. The van der Waals surface area contributed by atoms with Gasteiger partial charge >= 0.3 is 0 Å². The fourth-order valence-corrected chi connectivity index (χ4v) is 6.69. The molecule has 218 valence electrons. The molecule has 0 aliphatic carbocycles. The maximum atomic E-state index is 6.74. The van der Waals surface area contributed by atoms with E-state index in [-0.39, 0.29) is 6.04 Å². The molecule has 2 atom stereocenters. The Labute approximate surface area is 259 Å². The molecule has 1 saturated heterocycles. The molecular formula is C36H38Cl2N2O2.